The van der Waals surface area contributed by atoms with Gasteiger partial charge in [-0.2, -0.15) is 0 Å². The van der Waals surface area contributed by atoms with Gasteiger partial charge in [0.25, 0.3) is 5.91 Å². The second-order valence-electron chi connectivity index (χ2n) is 9.26. The predicted molar refractivity (Wildman–Crippen MR) is 139 cm³/mol. The quantitative estimate of drug-likeness (QED) is 0.382. The first-order valence-electron chi connectivity index (χ1n) is 12.2. The maximum Gasteiger partial charge on any atom is 0.254 e. The van der Waals surface area contributed by atoms with Gasteiger partial charge >= 0.3 is 0 Å². The highest BCUT2D eigenvalue weighted by atomic mass is 16.5. The predicted octanol–water partition coefficient (Wildman–Crippen LogP) is 5.23. The van der Waals surface area contributed by atoms with E-state index in [4.69, 9.17) is 4.74 Å². The normalized spacial score (nSPS) is 16.1. The van der Waals surface area contributed by atoms with Crippen LogP contribution in [0, 0.1) is 0 Å². The van der Waals surface area contributed by atoms with Gasteiger partial charge in [0, 0.05) is 17.8 Å². The van der Waals surface area contributed by atoms with E-state index in [2.05, 4.69) is 22.8 Å². The van der Waals surface area contributed by atoms with Gasteiger partial charge in [-0.15, -0.1) is 0 Å². The highest BCUT2D eigenvalue weighted by molar-refractivity contribution is 6.03. The van der Waals surface area contributed by atoms with E-state index in [0.717, 1.165) is 35.5 Å². The first-order chi connectivity index (χ1) is 17.7. The Hall–Kier alpha value is -4.32. The molecule has 1 saturated carbocycles. The molecule has 180 valence electrons. The number of hydrogen-bond donors (Lipinski definition) is 0. The summed E-state index contributed by atoms with van der Waals surface area (Å²) in [5.41, 5.74) is 4.40. The molecule has 4 aromatic rings. The molecule has 2 amide bonds. The number of carbonyl (C=O) groups is 2. The van der Waals surface area contributed by atoms with E-state index in [1.807, 2.05) is 59.6 Å². The molecule has 2 aliphatic rings. The molecule has 6 heteroatoms. The minimum Gasteiger partial charge on any atom is -0.497 e. The number of carbonyl (C=O) groups excluding carboxylic acids is 2. The average molecular weight is 478 g/mol. The zero-order valence-corrected chi connectivity index (χ0v) is 20.1. The van der Waals surface area contributed by atoms with Crippen molar-refractivity contribution in [3.8, 4) is 11.4 Å². The second kappa shape index (κ2) is 9.04. The monoisotopic (exact) mass is 477 g/mol. The number of hydrogen-bond acceptors (Lipinski definition) is 3. The van der Waals surface area contributed by atoms with Crippen LogP contribution >= 0.6 is 0 Å². The molecule has 1 aliphatic heterocycles. The Morgan fingerprint density at radius 2 is 1.56 bits per heavy atom. The summed E-state index contributed by atoms with van der Waals surface area (Å²) >= 11 is 0. The molecule has 0 radical (unpaired) electrons. The van der Waals surface area contributed by atoms with Crippen molar-refractivity contribution >= 4 is 17.5 Å². The fraction of sp³-hybridized carbons (Fsp3) is 0.200. The number of nitrogens with zero attached hydrogens (tertiary/aromatic N) is 3. The smallest absolute Gasteiger partial charge is 0.254 e. The third kappa shape index (κ3) is 3.85. The molecule has 2 heterocycles. The van der Waals surface area contributed by atoms with Crippen LogP contribution in [-0.4, -0.2) is 41.0 Å². The lowest BCUT2D eigenvalue weighted by molar-refractivity contribution is -0.119. The Balaban J connectivity index is 1.38. The molecule has 1 fully saturated rings. The van der Waals surface area contributed by atoms with Crippen LogP contribution in [-0.2, 0) is 4.79 Å². The number of amides is 2. The molecule has 3 aromatic carbocycles. The third-order valence-corrected chi connectivity index (χ3v) is 6.99. The number of anilines is 1. The summed E-state index contributed by atoms with van der Waals surface area (Å²) in [5, 5.41) is 0. The summed E-state index contributed by atoms with van der Waals surface area (Å²) in [5.74, 6) is 0.468. The number of aromatic nitrogens is 1. The molecule has 1 unspecified atom stereocenters. The minimum atomic E-state index is -0.291. The Kier molecular flexibility index (Phi) is 5.56. The van der Waals surface area contributed by atoms with Crippen molar-refractivity contribution in [3.05, 3.63) is 114 Å². The molecule has 1 atom stereocenters. The Labute approximate surface area is 210 Å². The van der Waals surface area contributed by atoms with Gasteiger partial charge in [-0.1, -0.05) is 42.5 Å². The molecule has 1 aliphatic carbocycles. The first-order valence-corrected chi connectivity index (χ1v) is 12.2. The average Bonchev–Trinajstić information content (AvgIpc) is 3.66. The SMILES string of the molecule is COc1ccc(C(=O)N(CC(=O)N2c3ccccc3-n3cccc3C2c2ccccc2)C2CC2)cc1. The molecular weight excluding hydrogens is 450 g/mol. The summed E-state index contributed by atoms with van der Waals surface area (Å²) < 4.78 is 7.39. The van der Waals surface area contributed by atoms with Crippen LogP contribution < -0.4 is 9.64 Å². The number of ether oxygens (including phenoxy) is 1. The summed E-state index contributed by atoms with van der Waals surface area (Å²) in [4.78, 5) is 31.3. The molecular formula is C30H27N3O3. The van der Waals surface area contributed by atoms with Crippen LogP contribution in [0.25, 0.3) is 5.69 Å². The summed E-state index contributed by atoms with van der Waals surface area (Å²) in [7, 11) is 1.60. The van der Waals surface area contributed by atoms with Gasteiger partial charge in [-0.25, -0.2) is 0 Å². The lowest BCUT2D eigenvalue weighted by Gasteiger charge is -2.39. The van der Waals surface area contributed by atoms with Crippen molar-refractivity contribution in [3.63, 3.8) is 0 Å². The topological polar surface area (TPSA) is 54.8 Å². The van der Waals surface area contributed by atoms with Crippen LogP contribution in [0.1, 0.15) is 40.5 Å². The van der Waals surface area contributed by atoms with Crippen molar-refractivity contribution < 1.29 is 14.3 Å². The van der Waals surface area contributed by atoms with E-state index < -0.39 is 0 Å². The molecule has 36 heavy (non-hydrogen) atoms. The van der Waals surface area contributed by atoms with Gasteiger partial charge < -0.3 is 14.2 Å². The Morgan fingerprint density at radius 1 is 0.861 bits per heavy atom. The van der Waals surface area contributed by atoms with Gasteiger partial charge in [-0.05, 0) is 66.9 Å². The number of methoxy groups -OCH3 is 1. The first kappa shape index (κ1) is 22.2. The lowest BCUT2D eigenvalue weighted by atomic mass is 9.97. The summed E-state index contributed by atoms with van der Waals surface area (Å²) in [6, 6.07) is 29.0. The van der Waals surface area contributed by atoms with E-state index in [9.17, 15) is 9.59 Å². The molecule has 0 bridgehead atoms. The van der Waals surface area contributed by atoms with Gasteiger partial charge in [0.15, 0.2) is 0 Å². The highest BCUT2D eigenvalue weighted by Gasteiger charge is 2.40. The maximum atomic E-state index is 14.2. The van der Waals surface area contributed by atoms with Crippen LogP contribution in [0.15, 0.2) is 97.2 Å². The summed E-state index contributed by atoms with van der Waals surface area (Å²) in [6.07, 6.45) is 3.86. The van der Waals surface area contributed by atoms with Crippen molar-refractivity contribution in [2.75, 3.05) is 18.6 Å². The lowest BCUT2D eigenvalue weighted by Crippen LogP contribution is -2.47. The molecule has 0 spiro atoms. The molecule has 0 N–H and O–H groups in total. The van der Waals surface area contributed by atoms with Crippen molar-refractivity contribution in [2.24, 2.45) is 0 Å². The number of para-hydroxylation sites is 2. The van der Waals surface area contributed by atoms with Gasteiger partial charge in [0.2, 0.25) is 5.91 Å². The van der Waals surface area contributed by atoms with Crippen LogP contribution in [0.5, 0.6) is 5.75 Å². The van der Waals surface area contributed by atoms with Gasteiger partial charge in [0.1, 0.15) is 18.3 Å². The van der Waals surface area contributed by atoms with E-state index in [1.165, 1.54) is 0 Å². The fourth-order valence-electron chi connectivity index (χ4n) is 5.09. The Bertz CT molecular complexity index is 1410. The van der Waals surface area contributed by atoms with E-state index in [-0.39, 0.29) is 30.4 Å². The minimum absolute atomic E-state index is 0.0217. The number of fused-ring (bicyclic) bond motifs is 3. The third-order valence-electron chi connectivity index (χ3n) is 6.99. The summed E-state index contributed by atoms with van der Waals surface area (Å²) in [6.45, 7) is 0.0217. The van der Waals surface area contributed by atoms with Crippen LogP contribution in [0.3, 0.4) is 0 Å². The van der Waals surface area contributed by atoms with E-state index in [1.54, 1.807) is 36.3 Å². The van der Waals surface area contributed by atoms with Gasteiger partial charge in [-0.3, -0.25) is 14.5 Å². The van der Waals surface area contributed by atoms with Crippen LogP contribution in [0.2, 0.25) is 0 Å². The zero-order chi connectivity index (χ0) is 24.6. The maximum absolute atomic E-state index is 14.2. The molecule has 0 saturated heterocycles. The van der Waals surface area contributed by atoms with Crippen molar-refractivity contribution in [1.29, 1.82) is 0 Å². The largest absolute Gasteiger partial charge is 0.497 e. The van der Waals surface area contributed by atoms with E-state index >= 15 is 0 Å². The van der Waals surface area contributed by atoms with Crippen LogP contribution in [0.4, 0.5) is 5.69 Å². The second-order valence-corrected chi connectivity index (χ2v) is 9.26. The van der Waals surface area contributed by atoms with Crippen molar-refractivity contribution in [1.82, 2.24) is 9.47 Å². The van der Waals surface area contributed by atoms with Crippen molar-refractivity contribution in [2.45, 2.75) is 24.9 Å². The van der Waals surface area contributed by atoms with Gasteiger partial charge in [0.05, 0.1) is 24.2 Å². The zero-order valence-electron chi connectivity index (χ0n) is 20.1. The highest BCUT2D eigenvalue weighted by Crippen LogP contribution is 2.42. The molecule has 1 aromatic heterocycles. The number of benzene rings is 3. The number of rotatable bonds is 6. The molecule has 6 rings (SSSR count). The standard InChI is InChI=1S/C30H27N3O3/c1-36-24-17-13-22(14-18-24)30(35)32(23-15-16-23)20-28(34)33-26-11-6-5-10-25(26)31-19-7-12-27(31)29(33)21-8-3-2-4-9-21/h2-14,17-19,23,29H,15-16,20H2,1H3. The Morgan fingerprint density at radius 3 is 2.25 bits per heavy atom. The van der Waals surface area contributed by atoms with E-state index in [0.29, 0.717) is 11.3 Å². The fourth-order valence-corrected chi connectivity index (χ4v) is 5.09. The molecule has 6 nitrogen and oxygen atoms in total.